The molecule has 2 rings (SSSR count). The molecular weight excluding hydrogens is 248 g/mol. The predicted molar refractivity (Wildman–Crippen MR) is 74.7 cm³/mol. The molecule has 1 unspecified atom stereocenters. The second-order valence-electron chi connectivity index (χ2n) is 4.49. The third-order valence-electron chi connectivity index (χ3n) is 3.04. The minimum atomic E-state index is -0.882. The molecule has 98 valence electrons. The second kappa shape index (κ2) is 5.61. The van der Waals surface area contributed by atoms with Gasteiger partial charge in [-0.2, -0.15) is 11.8 Å². The van der Waals surface area contributed by atoms with Gasteiger partial charge in [0.05, 0.1) is 5.56 Å². The van der Waals surface area contributed by atoms with Gasteiger partial charge in [0, 0.05) is 29.8 Å². The van der Waals surface area contributed by atoms with Crippen molar-refractivity contribution in [3.05, 3.63) is 23.4 Å². The lowest BCUT2D eigenvalue weighted by Gasteiger charge is -2.31. The van der Waals surface area contributed by atoms with Gasteiger partial charge in [0.15, 0.2) is 0 Å². The van der Waals surface area contributed by atoms with Crippen LogP contribution in [0.25, 0.3) is 0 Å². The average molecular weight is 266 g/mol. The first-order valence-corrected chi connectivity index (χ1v) is 7.26. The summed E-state index contributed by atoms with van der Waals surface area (Å²) in [5.41, 5.74) is 1.18. The number of carboxylic acids is 1. The standard InChI is InChI=1S/C13H18N2O2S/c1-3-11-6-10(13(16)17)7-12(14-11)15-4-5-18-9(2)8-15/h6-7,9H,3-5,8H2,1-2H3,(H,16,17). The highest BCUT2D eigenvalue weighted by Crippen LogP contribution is 2.23. The van der Waals surface area contributed by atoms with Crippen LogP contribution < -0.4 is 4.90 Å². The van der Waals surface area contributed by atoms with Crippen LogP contribution in [0.5, 0.6) is 0 Å². The van der Waals surface area contributed by atoms with Crippen molar-refractivity contribution in [3.8, 4) is 0 Å². The van der Waals surface area contributed by atoms with Crippen molar-refractivity contribution in [1.29, 1.82) is 0 Å². The Kier molecular flexibility index (Phi) is 4.11. The Hall–Kier alpha value is -1.23. The van der Waals surface area contributed by atoms with Gasteiger partial charge in [-0.25, -0.2) is 9.78 Å². The van der Waals surface area contributed by atoms with E-state index in [0.717, 1.165) is 36.8 Å². The fourth-order valence-electron chi connectivity index (χ4n) is 2.07. The Morgan fingerprint density at radius 2 is 2.39 bits per heavy atom. The summed E-state index contributed by atoms with van der Waals surface area (Å²) in [5, 5.41) is 9.70. The fourth-order valence-corrected chi connectivity index (χ4v) is 3.08. The van der Waals surface area contributed by atoms with Crippen molar-refractivity contribution in [3.63, 3.8) is 0 Å². The molecule has 2 heterocycles. The molecule has 0 saturated carbocycles. The molecule has 0 bridgehead atoms. The van der Waals surface area contributed by atoms with Crippen LogP contribution in [-0.2, 0) is 6.42 Å². The summed E-state index contributed by atoms with van der Waals surface area (Å²) >= 11 is 1.95. The lowest BCUT2D eigenvalue weighted by atomic mass is 10.2. The molecule has 0 radical (unpaired) electrons. The first-order valence-electron chi connectivity index (χ1n) is 6.21. The number of hydrogen-bond acceptors (Lipinski definition) is 4. The van der Waals surface area contributed by atoms with E-state index in [2.05, 4.69) is 16.8 Å². The third kappa shape index (κ3) is 2.96. The van der Waals surface area contributed by atoms with E-state index in [-0.39, 0.29) is 0 Å². The van der Waals surface area contributed by atoms with Crippen molar-refractivity contribution in [1.82, 2.24) is 4.98 Å². The Bertz CT molecular complexity index is 451. The van der Waals surface area contributed by atoms with E-state index in [4.69, 9.17) is 5.11 Å². The Labute approximate surface area is 111 Å². The lowest BCUT2D eigenvalue weighted by Crippen LogP contribution is -2.37. The first kappa shape index (κ1) is 13.2. The number of hydrogen-bond donors (Lipinski definition) is 1. The van der Waals surface area contributed by atoms with Crippen LogP contribution in [0.15, 0.2) is 12.1 Å². The molecule has 0 aliphatic carbocycles. The van der Waals surface area contributed by atoms with Crippen LogP contribution >= 0.6 is 11.8 Å². The maximum Gasteiger partial charge on any atom is 0.335 e. The number of aryl methyl sites for hydroxylation is 1. The molecule has 0 amide bonds. The summed E-state index contributed by atoms with van der Waals surface area (Å²) in [6.45, 7) is 6.06. The minimum Gasteiger partial charge on any atom is -0.478 e. The molecule has 5 heteroatoms. The SMILES string of the molecule is CCc1cc(C(=O)O)cc(N2CCSC(C)C2)n1. The molecule has 1 aromatic heterocycles. The number of anilines is 1. The number of carboxylic acid groups (broad SMARTS) is 1. The fraction of sp³-hybridized carbons (Fsp3) is 0.538. The molecule has 1 aromatic rings. The van der Waals surface area contributed by atoms with Gasteiger partial charge >= 0.3 is 5.97 Å². The summed E-state index contributed by atoms with van der Waals surface area (Å²) in [6, 6.07) is 3.35. The van der Waals surface area contributed by atoms with Gasteiger partial charge in [-0.05, 0) is 18.6 Å². The van der Waals surface area contributed by atoms with E-state index in [1.807, 2.05) is 18.7 Å². The van der Waals surface area contributed by atoms with Crippen molar-refractivity contribution in [2.75, 3.05) is 23.7 Å². The molecule has 1 atom stereocenters. The zero-order valence-corrected chi connectivity index (χ0v) is 11.5. The number of aromatic carboxylic acids is 1. The number of rotatable bonds is 3. The zero-order chi connectivity index (χ0) is 13.1. The molecule has 0 aromatic carbocycles. The Balaban J connectivity index is 2.31. The number of carbonyl (C=O) groups is 1. The van der Waals surface area contributed by atoms with E-state index < -0.39 is 5.97 Å². The number of aromatic nitrogens is 1. The highest BCUT2D eigenvalue weighted by Gasteiger charge is 2.19. The maximum absolute atomic E-state index is 11.1. The van der Waals surface area contributed by atoms with Crippen molar-refractivity contribution >= 4 is 23.5 Å². The van der Waals surface area contributed by atoms with Crippen LogP contribution in [-0.4, -0.2) is 40.2 Å². The molecule has 0 spiro atoms. The van der Waals surface area contributed by atoms with Gasteiger partial charge in [-0.15, -0.1) is 0 Å². The maximum atomic E-state index is 11.1. The van der Waals surface area contributed by atoms with Gasteiger partial charge in [-0.1, -0.05) is 13.8 Å². The normalized spacial score (nSPS) is 19.9. The molecule has 4 nitrogen and oxygen atoms in total. The Morgan fingerprint density at radius 1 is 1.61 bits per heavy atom. The van der Waals surface area contributed by atoms with Gasteiger partial charge in [0.1, 0.15) is 5.82 Å². The second-order valence-corrected chi connectivity index (χ2v) is 6.04. The van der Waals surface area contributed by atoms with E-state index in [9.17, 15) is 4.79 Å². The van der Waals surface area contributed by atoms with Crippen LogP contribution in [0.2, 0.25) is 0 Å². The molecule has 18 heavy (non-hydrogen) atoms. The quantitative estimate of drug-likeness (QED) is 0.909. The lowest BCUT2D eigenvalue weighted by molar-refractivity contribution is 0.0696. The first-order chi connectivity index (χ1) is 8.60. The summed E-state index contributed by atoms with van der Waals surface area (Å²) in [4.78, 5) is 17.9. The predicted octanol–water partition coefficient (Wildman–Crippen LogP) is 2.28. The van der Waals surface area contributed by atoms with Crippen LogP contribution in [0.1, 0.15) is 29.9 Å². The molecule has 1 aliphatic rings. The molecule has 1 aliphatic heterocycles. The van der Waals surface area contributed by atoms with Crippen LogP contribution in [0.3, 0.4) is 0 Å². The number of nitrogens with zero attached hydrogens (tertiary/aromatic N) is 2. The van der Waals surface area contributed by atoms with Gasteiger partial charge < -0.3 is 10.0 Å². The molecule has 1 fully saturated rings. The minimum absolute atomic E-state index is 0.336. The topological polar surface area (TPSA) is 53.4 Å². The monoisotopic (exact) mass is 266 g/mol. The summed E-state index contributed by atoms with van der Waals surface area (Å²) < 4.78 is 0. The smallest absolute Gasteiger partial charge is 0.335 e. The molecule has 1 saturated heterocycles. The number of thioether (sulfide) groups is 1. The third-order valence-corrected chi connectivity index (χ3v) is 4.18. The van der Waals surface area contributed by atoms with Crippen LogP contribution in [0, 0.1) is 0 Å². The molecular formula is C13H18N2O2S. The highest BCUT2D eigenvalue weighted by atomic mass is 32.2. The van der Waals surface area contributed by atoms with E-state index >= 15 is 0 Å². The highest BCUT2D eigenvalue weighted by molar-refractivity contribution is 8.00. The average Bonchev–Trinajstić information content (AvgIpc) is 2.38. The summed E-state index contributed by atoms with van der Waals surface area (Å²) in [7, 11) is 0. The summed E-state index contributed by atoms with van der Waals surface area (Å²) in [5.74, 6) is 0.994. The van der Waals surface area contributed by atoms with E-state index in [0.29, 0.717) is 10.8 Å². The van der Waals surface area contributed by atoms with Crippen LogP contribution in [0.4, 0.5) is 5.82 Å². The van der Waals surface area contributed by atoms with E-state index in [1.165, 1.54) is 0 Å². The Morgan fingerprint density at radius 3 is 3.00 bits per heavy atom. The largest absolute Gasteiger partial charge is 0.478 e. The number of pyridine rings is 1. The molecule has 1 N–H and O–H groups in total. The van der Waals surface area contributed by atoms with Crippen molar-refractivity contribution < 1.29 is 9.90 Å². The van der Waals surface area contributed by atoms with Gasteiger partial charge in [-0.3, -0.25) is 0 Å². The van der Waals surface area contributed by atoms with Gasteiger partial charge in [0.25, 0.3) is 0 Å². The van der Waals surface area contributed by atoms with E-state index in [1.54, 1.807) is 12.1 Å². The van der Waals surface area contributed by atoms with Crippen molar-refractivity contribution in [2.24, 2.45) is 0 Å². The zero-order valence-electron chi connectivity index (χ0n) is 10.7. The van der Waals surface area contributed by atoms with Gasteiger partial charge in [0.2, 0.25) is 0 Å². The van der Waals surface area contributed by atoms with Crippen molar-refractivity contribution in [2.45, 2.75) is 25.5 Å². The summed E-state index contributed by atoms with van der Waals surface area (Å²) in [6.07, 6.45) is 0.756.